The first-order valence-corrected chi connectivity index (χ1v) is 19.8. The molecule has 0 aliphatic rings. The van der Waals surface area contributed by atoms with Crippen LogP contribution in [0.4, 0.5) is 0 Å². The summed E-state index contributed by atoms with van der Waals surface area (Å²) in [4.78, 5) is 21.3. The summed E-state index contributed by atoms with van der Waals surface area (Å²) >= 11 is 0. The normalized spacial score (nSPS) is 11.4. The fourth-order valence-corrected chi connectivity index (χ4v) is 8.28. The summed E-state index contributed by atoms with van der Waals surface area (Å²) in [7, 11) is 0. The fourth-order valence-electron chi connectivity index (χ4n) is 8.28. The van der Waals surface area contributed by atoms with Gasteiger partial charge in [0.15, 0.2) is 5.82 Å². The molecule has 0 spiro atoms. The highest BCUT2D eigenvalue weighted by Gasteiger charge is 2.23. The molecule has 59 heavy (non-hydrogen) atoms. The van der Waals surface area contributed by atoms with E-state index >= 15 is 0 Å². The Balaban J connectivity index is 1.15. The molecule has 4 aromatic heterocycles. The second kappa shape index (κ2) is 14.5. The van der Waals surface area contributed by atoms with Crippen molar-refractivity contribution >= 4 is 27.3 Å². The molecule has 0 atom stereocenters. The van der Waals surface area contributed by atoms with Crippen LogP contribution in [0.3, 0.4) is 0 Å². The van der Waals surface area contributed by atoms with Gasteiger partial charge in [-0.15, -0.1) is 0 Å². The summed E-state index contributed by atoms with van der Waals surface area (Å²) in [6, 6.07) is 71.4. The van der Waals surface area contributed by atoms with Gasteiger partial charge in [-0.2, -0.15) is 0 Å². The second-order valence-corrected chi connectivity index (χ2v) is 14.6. The maximum Gasteiger partial charge on any atom is 0.160 e. The number of pyridine rings is 2. The lowest BCUT2D eigenvalue weighted by molar-refractivity contribution is 1.18. The van der Waals surface area contributed by atoms with E-state index in [2.05, 4.69) is 174 Å². The van der Waals surface area contributed by atoms with E-state index in [0.29, 0.717) is 5.82 Å². The lowest BCUT2D eigenvalue weighted by atomic mass is 9.93. The van der Waals surface area contributed by atoms with Crippen molar-refractivity contribution in [1.29, 1.82) is 0 Å². The second-order valence-electron chi connectivity index (χ2n) is 14.6. The first-order chi connectivity index (χ1) is 29.3. The van der Waals surface area contributed by atoms with Gasteiger partial charge >= 0.3 is 0 Å². The van der Waals surface area contributed by atoms with Gasteiger partial charge < -0.3 is 0 Å². The highest BCUT2D eigenvalue weighted by molar-refractivity contribution is 6.17. The number of fused-ring (bicyclic) bond motifs is 5. The van der Waals surface area contributed by atoms with Crippen molar-refractivity contribution in [3.05, 3.63) is 212 Å². The Morgan fingerprint density at radius 3 is 1.32 bits per heavy atom. The zero-order valence-electron chi connectivity index (χ0n) is 31.9. The van der Waals surface area contributed by atoms with Gasteiger partial charge in [0, 0.05) is 61.3 Å². The molecule has 11 aromatic rings. The van der Waals surface area contributed by atoms with Crippen molar-refractivity contribution in [2.24, 2.45) is 0 Å². The quantitative estimate of drug-likeness (QED) is 0.152. The molecule has 0 N–H and O–H groups in total. The minimum absolute atomic E-state index is 0.687. The van der Waals surface area contributed by atoms with Gasteiger partial charge in [0.25, 0.3) is 0 Å². The minimum Gasteiger partial charge on any atom is -0.298 e. The smallest absolute Gasteiger partial charge is 0.160 e. The first-order valence-electron chi connectivity index (χ1n) is 19.8. The molecule has 5 heteroatoms. The molecule has 0 unspecified atom stereocenters. The summed E-state index contributed by atoms with van der Waals surface area (Å²) in [5.74, 6) is 0.687. The molecule has 0 fully saturated rings. The van der Waals surface area contributed by atoms with Crippen molar-refractivity contribution in [1.82, 2.24) is 24.3 Å². The molecule has 0 amide bonds. The van der Waals surface area contributed by atoms with E-state index in [4.69, 9.17) is 19.9 Å². The van der Waals surface area contributed by atoms with Gasteiger partial charge in [-0.3, -0.25) is 4.40 Å². The minimum atomic E-state index is 0.687. The van der Waals surface area contributed by atoms with E-state index in [9.17, 15) is 0 Å². The van der Waals surface area contributed by atoms with Crippen LogP contribution in [0.5, 0.6) is 0 Å². The summed E-state index contributed by atoms with van der Waals surface area (Å²) in [5.41, 5.74) is 14.7. The van der Waals surface area contributed by atoms with Gasteiger partial charge in [-0.05, 0) is 17.7 Å². The molecule has 5 nitrogen and oxygen atoms in total. The summed E-state index contributed by atoms with van der Waals surface area (Å²) in [5, 5.41) is 3.21. The Morgan fingerprint density at radius 2 is 0.763 bits per heavy atom. The van der Waals surface area contributed by atoms with Crippen LogP contribution in [-0.2, 0) is 0 Å². The molecule has 11 rings (SSSR count). The molecular formula is C54H35N5. The van der Waals surface area contributed by atoms with Crippen LogP contribution in [-0.4, -0.2) is 24.3 Å². The van der Waals surface area contributed by atoms with Crippen LogP contribution in [0.15, 0.2) is 212 Å². The Morgan fingerprint density at radius 1 is 0.305 bits per heavy atom. The van der Waals surface area contributed by atoms with E-state index in [1.807, 2.05) is 42.5 Å². The Kier molecular flexibility index (Phi) is 8.41. The molecule has 0 aliphatic carbocycles. The zero-order valence-corrected chi connectivity index (χ0v) is 31.9. The van der Waals surface area contributed by atoms with Crippen molar-refractivity contribution in [2.75, 3.05) is 0 Å². The fraction of sp³-hybridized carbons (Fsp3) is 0. The van der Waals surface area contributed by atoms with Gasteiger partial charge in [-0.1, -0.05) is 194 Å². The molecule has 4 heterocycles. The maximum absolute atomic E-state index is 5.51. The van der Waals surface area contributed by atoms with Gasteiger partial charge in [0.05, 0.1) is 34.0 Å². The number of benzene rings is 7. The van der Waals surface area contributed by atoms with Crippen LogP contribution in [0.25, 0.3) is 106 Å². The Hall–Kier alpha value is -8.02. The van der Waals surface area contributed by atoms with Crippen molar-refractivity contribution in [3.63, 3.8) is 0 Å². The Labute approximate surface area is 341 Å². The number of hydrogen-bond acceptors (Lipinski definition) is 4. The third kappa shape index (κ3) is 6.04. The molecule has 0 radical (unpaired) electrons. The number of nitrogens with zero attached hydrogens (tertiary/aromatic N) is 5. The first kappa shape index (κ1) is 34.2. The summed E-state index contributed by atoms with van der Waals surface area (Å²) < 4.78 is 2.25. The van der Waals surface area contributed by atoms with E-state index in [0.717, 1.165) is 100 Å². The molecule has 0 saturated carbocycles. The van der Waals surface area contributed by atoms with Crippen LogP contribution in [0, 0.1) is 0 Å². The number of rotatable bonds is 7. The largest absolute Gasteiger partial charge is 0.298 e. The van der Waals surface area contributed by atoms with Crippen LogP contribution in [0.2, 0.25) is 0 Å². The zero-order chi connectivity index (χ0) is 39.1. The molecule has 0 bridgehead atoms. The third-order valence-electron chi connectivity index (χ3n) is 11.0. The third-order valence-corrected chi connectivity index (χ3v) is 11.0. The topological polar surface area (TPSA) is 56.0 Å². The maximum atomic E-state index is 5.51. The average molecular weight is 754 g/mol. The van der Waals surface area contributed by atoms with Crippen molar-refractivity contribution < 1.29 is 0 Å². The number of para-hydroxylation sites is 1. The number of hydrogen-bond donors (Lipinski definition) is 0. The molecule has 0 saturated heterocycles. The van der Waals surface area contributed by atoms with E-state index < -0.39 is 0 Å². The predicted molar refractivity (Wildman–Crippen MR) is 242 cm³/mol. The number of aromatic nitrogens is 5. The molecule has 7 aromatic carbocycles. The summed E-state index contributed by atoms with van der Waals surface area (Å²) in [6.45, 7) is 0. The molecule has 276 valence electrons. The van der Waals surface area contributed by atoms with Crippen LogP contribution in [0.1, 0.15) is 0 Å². The summed E-state index contributed by atoms with van der Waals surface area (Å²) in [6.07, 6.45) is 2.15. The van der Waals surface area contributed by atoms with Crippen molar-refractivity contribution in [2.45, 2.75) is 0 Å². The SMILES string of the molecule is c1ccc(-c2nc(-c3ccccc3)c(-c3ccc(-c4c(-c5ccccc5)nc5c6c(ccn45)c(-c4ccccc4)nc4ccccc46)cc3)c(-c3ccccc3)n2)cc1. The van der Waals surface area contributed by atoms with E-state index in [-0.39, 0.29) is 0 Å². The predicted octanol–water partition coefficient (Wildman–Crippen LogP) is 13.5. The van der Waals surface area contributed by atoms with E-state index in [1.165, 1.54) is 0 Å². The standard InChI is InChI=1S/C54H35N5/c1-6-18-37(19-7-1)48-44-34-35-59-52(51(40-24-12-4-13-25-40)58-54(59)47(44)43-28-16-17-29-45(43)55-48)41-32-30-36(31-33-41)46-49(38-20-8-2-9-21-38)56-53(42-26-14-5-15-27-42)57-50(46)39-22-10-3-11-23-39/h1-35H. The highest BCUT2D eigenvalue weighted by atomic mass is 15.0. The molecule has 0 aliphatic heterocycles. The average Bonchev–Trinajstić information content (AvgIpc) is 3.72. The lowest BCUT2D eigenvalue weighted by Gasteiger charge is -2.17. The van der Waals surface area contributed by atoms with E-state index in [1.54, 1.807) is 0 Å². The number of imidazole rings is 1. The van der Waals surface area contributed by atoms with Gasteiger partial charge in [0.1, 0.15) is 5.65 Å². The van der Waals surface area contributed by atoms with Crippen LogP contribution < -0.4 is 0 Å². The highest BCUT2D eigenvalue weighted by Crippen LogP contribution is 2.43. The van der Waals surface area contributed by atoms with Crippen LogP contribution >= 0.6 is 0 Å². The Bertz CT molecular complexity index is 3210. The van der Waals surface area contributed by atoms with Gasteiger partial charge in [-0.25, -0.2) is 19.9 Å². The monoisotopic (exact) mass is 753 g/mol. The lowest BCUT2D eigenvalue weighted by Crippen LogP contribution is -2.01. The molecular weight excluding hydrogens is 719 g/mol. The van der Waals surface area contributed by atoms with Gasteiger partial charge in [0.2, 0.25) is 0 Å². The van der Waals surface area contributed by atoms with Crippen molar-refractivity contribution in [3.8, 4) is 78.8 Å².